The second-order valence-corrected chi connectivity index (χ2v) is 2.85. The molecule has 0 spiro atoms. The molecule has 1 amide bonds. The van der Waals surface area contributed by atoms with Gasteiger partial charge in [-0.15, -0.1) is 6.58 Å². The molecular formula is C9H15NO4. The van der Waals surface area contributed by atoms with E-state index in [1.807, 2.05) is 0 Å². The molecule has 0 fully saturated rings. The third kappa shape index (κ3) is 4.61. The maximum absolute atomic E-state index is 11.4. The number of rotatable bonds is 6. The Balaban J connectivity index is 4.02. The van der Waals surface area contributed by atoms with Gasteiger partial charge in [0.1, 0.15) is 12.6 Å². The van der Waals surface area contributed by atoms with Gasteiger partial charge in [0.25, 0.3) is 5.91 Å². The molecule has 5 heteroatoms. The Morgan fingerprint density at radius 2 is 2.21 bits per heavy atom. The number of nitrogens with zero attached hydrogens (tertiary/aromatic N) is 1. The fourth-order valence-corrected chi connectivity index (χ4v) is 0.875. The lowest BCUT2D eigenvalue weighted by atomic mass is 10.3. The van der Waals surface area contributed by atoms with Gasteiger partial charge in [-0.3, -0.25) is 9.59 Å². The predicted octanol–water partition coefficient (Wildman–Crippen LogP) is 0.120. The monoisotopic (exact) mass is 201 g/mol. The van der Waals surface area contributed by atoms with E-state index in [0.29, 0.717) is 0 Å². The van der Waals surface area contributed by atoms with Crippen LogP contribution in [-0.4, -0.2) is 48.2 Å². The molecular weight excluding hydrogens is 186 g/mol. The summed E-state index contributed by atoms with van der Waals surface area (Å²) in [5.41, 5.74) is 0. The summed E-state index contributed by atoms with van der Waals surface area (Å²) in [5.74, 6) is -1.40. The topological polar surface area (TPSA) is 66.8 Å². The number of likely N-dealkylation sites (N-methyl/N-ethyl adjacent to an activating group) is 1. The van der Waals surface area contributed by atoms with Crippen LogP contribution in [0.4, 0.5) is 0 Å². The lowest BCUT2D eigenvalue weighted by molar-refractivity contribution is -0.148. The average molecular weight is 201 g/mol. The zero-order valence-electron chi connectivity index (χ0n) is 8.40. The zero-order chi connectivity index (χ0) is 11.1. The molecule has 0 aliphatic carbocycles. The highest BCUT2D eigenvalue weighted by Crippen LogP contribution is 1.97. The van der Waals surface area contributed by atoms with Gasteiger partial charge in [-0.05, 0) is 6.92 Å². The summed E-state index contributed by atoms with van der Waals surface area (Å²) in [6.45, 7) is 4.97. The van der Waals surface area contributed by atoms with Gasteiger partial charge in [0, 0.05) is 7.05 Å². The van der Waals surface area contributed by atoms with Crippen LogP contribution < -0.4 is 0 Å². The van der Waals surface area contributed by atoms with Crippen molar-refractivity contribution in [1.82, 2.24) is 4.90 Å². The number of amides is 1. The van der Waals surface area contributed by atoms with Crippen LogP contribution in [0.2, 0.25) is 0 Å². The number of aliphatic carboxylic acids is 1. The Bertz CT molecular complexity index is 227. The third-order valence-corrected chi connectivity index (χ3v) is 1.56. The van der Waals surface area contributed by atoms with E-state index in [1.165, 1.54) is 13.1 Å². The molecule has 0 aromatic heterocycles. The van der Waals surface area contributed by atoms with Crippen molar-refractivity contribution in [2.24, 2.45) is 0 Å². The van der Waals surface area contributed by atoms with Gasteiger partial charge in [0.15, 0.2) is 0 Å². The molecule has 1 atom stereocenters. The fourth-order valence-electron chi connectivity index (χ4n) is 0.875. The Morgan fingerprint density at radius 3 is 2.64 bits per heavy atom. The van der Waals surface area contributed by atoms with Gasteiger partial charge in [-0.2, -0.15) is 0 Å². The van der Waals surface area contributed by atoms with E-state index in [1.54, 1.807) is 6.92 Å². The molecule has 0 aromatic carbocycles. The van der Waals surface area contributed by atoms with Crippen molar-refractivity contribution in [3.63, 3.8) is 0 Å². The van der Waals surface area contributed by atoms with Gasteiger partial charge in [-0.25, -0.2) is 0 Å². The first-order valence-electron chi connectivity index (χ1n) is 4.18. The van der Waals surface area contributed by atoms with Crippen LogP contribution in [0.1, 0.15) is 6.92 Å². The number of ether oxygens (including phenoxy) is 1. The van der Waals surface area contributed by atoms with Crippen molar-refractivity contribution in [2.45, 2.75) is 13.0 Å². The summed E-state index contributed by atoms with van der Waals surface area (Å²) in [4.78, 5) is 22.8. The van der Waals surface area contributed by atoms with Crippen LogP contribution in [0.5, 0.6) is 0 Å². The van der Waals surface area contributed by atoms with Gasteiger partial charge >= 0.3 is 5.97 Å². The van der Waals surface area contributed by atoms with Crippen molar-refractivity contribution in [3.8, 4) is 0 Å². The molecule has 0 bridgehead atoms. The SMILES string of the molecule is C=CCOC(C)C(=O)N(C)CC(=O)O. The van der Waals surface area contributed by atoms with Crippen molar-refractivity contribution in [1.29, 1.82) is 0 Å². The molecule has 1 unspecified atom stereocenters. The summed E-state index contributed by atoms with van der Waals surface area (Å²) in [6.07, 6.45) is 0.887. The van der Waals surface area contributed by atoms with Gasteiger partial charge in [0.2, 0.25) is 0 Å². The first-order chi connectivity index (χ1) is 6.49. The van der Waals surface area contributed by atoms with Gasteiger partial charge in [-0.1, -0.05) is 6.08 Å². The molecule has 0 radical (unpaired) electrons. The first-order valence-corrected chi connectivity index (χ1v) is 4.18. The molecule has 80 valence electrons. The Kier molecular flexibility index (Phi) is 5.55. The van der Waals surface area contributed by atoms with E-state index in [9.17, 15) is 9.59 Å². The highest BCUT2D eigenvalue weighted by molar-refractivity contribution is 5.84. The quantitative estimate of drug-likeness (QED) is 0.620. The van der Waals surface area contributed by atoms with Crippen LogP contribution in [0.25, 0.3) is 0 Å². The number of carbonyl (C=O) groups excluding carboxylic acids is 1. The minimum absolute atomic E-state index is 0.272. The van der Waals surface area contributed by atoms with E-state index < -0.39 is 12.1 Å². The largest absolute Gasteiger partial charge is 0.480 e. The first kappa shape index (κ1) is 12.6. The molecule has 0 aromatic rings. The van der Waals surface area contributed by atoms with E-state index in [0.717, 1.165) is 4.90 Å². The molecule has 0 saturated carbocycles. The van der Waals surface area contributed by atoms with Crippen molar-refractivity contribution in [3.05, 3.63) is 12.7 Å². The van der Waals surface area contributed by atoms with Crippen molar-refractivity contribution < 1.29 is 19.4 Å². The molecule has 1 N–H and O–H groups in total. The summed E-state index contributed by atoms with van der Waals surface area (Å²) in [5, 5.41) is 8.44. The standard InChI is InChI=1S/C9H15NO4/c1-4-5-14-7(2)9(13)10(3)6-8(11)12/h4,7H,1,5-6H2,2-3H3,(H,11,12). The van der Waals surface area contributed by atoms with Crippen LogP contribution in [0.15, 0.2) is 12.7 Å². The number of carboxylic acids is 1. The predicted molar refractivity (Wildman–Crippen MR) is 50.9 cm³/mol. The molecule has 0 aliphatic rings. The Hall–Kier alpha value is -1.36. The second kappa shape index (κ2) is 6.15. The van der Waals surface area contributed by atoms with Gasteiger partial charge < -0.3 is 14.7 Å². The molecule has 0 aliphatic heterocycles. The van der Waals surface area contributed by atoms with Gasteiger partial charge in [0.05, 0.1) is 6.61 Å². The van der Waals surface area contributed by atoms with E-state index in [2.05, 4.69) is 6.58 Å². The van der Waals surface area contributed by atoms with E-state index in [-0.39, 0.29) is 19.1 Å². The fraction of sp³-hybridized carbons (Fsp3) is 0.556. The maximum Gasteiger partial charge on any atom is 0.323 e. The number of hydrogen-bond donors (Lipinski definition) is 1. The minimum atomic E-state index is -1.04. The highest BCUT2D eigenvalue weighted by Gasteiger charge is 2.18. The Labute approximate surface area is 83.0 Å². The highest BCUT2D eigenvalue weighted by atomic mass is 16.5. The smallest absolute Gasteiger partial charge is 0.323 e. The molecule has 0 saturated heterocycles. The zero-order valence-corrected chi connectivity index (χ0v) is 8.40. The summed E-state index contributed by atoms with van der Waals surface area (Å²) < 4.78 is 5.05. The van der Waals surface area contributed by atoms with E-state index >= 15 is 0 Å². The average Bonchev–Trinajstić information content (AvgIpc) is 2.11. The van der Waals surface area contributed by atoms with Crippen LogP contribution >= 0.6 is 0 Å². The second-order valence-electron chi connectivity index (χ2n) is 2.85. The minimum Gasteiger partial charge on any atom is -0.480 e. The normalized spacial score (nSPS) is 11.9. The lowest BCUT2D eigenvalue weighted by Crippen LogP contribution is -2.39. The summed E-state index contributed by atoms with van der Waals surface area (Å²) in [7, 11) is 1.42. The molecule has 14 heavy (non-hydrogen) atoms. The number of carbonyl (C=O) groups is 2. The van der Waals surface area contributed by atoms with Crippen molar-refractivity contribution in [2.75, 3.05) is 20.2 Å². The molecule has 0 heterocycles. The number of hydrogen-bond acceptors (Lipinski definition) is 3. The summed E-state index contributed by atoms with van der Waals surface area (Å²) >= 11 is 0. The van der Waals surface area contributed by atoms with Crippen LogP contribution in [0, 0.1) is 0 Å². The summed E-state index contributed by atoms with van der Waals surface area (Å²) in [6, 6.07) is 0. The Morgan fingerprint density at radius 1 is 1.64 bits per heavy atom. The molecule has 0 rings (SSSR count). The lowest BCUT2D eigenvalue weighted by Gasteiger charge is -2.19. The maximum atomic E-state index is 11.4. The van der Waals surface area contributed by atoms with Crippen LogP contribution in [0.3, 0.4) is 0 Å². The number of carboxylic acid groups (broad SMARTS) is 1. The molecule has 5 nitrogen and oxygen atoms in total. The van der Waals surface area contributed by atoms with Crippen molar-refractivity contribution >= 4 is 11.9 Å². The van der Waals surface area contributed by atoms with E-state index in [4.69, 9.17) is 9.84 Å². The van der Waals surface area contributed by atoms with Crippen LogP contribution in [-0.2, 0) is 14.3 Å². The third-order valence-electron chi connectivity index (χ3n) is 1.56.